The number of aliphatic hydroxyl groups excluding tert-OH is 2. The van der Waals surface area contributed by atoms with E-state index in [0.29, 0.717) is 6.42 Å². The van der Waals surface area contributed by atoms with E-state index in [4.69, 9.17) is 0 Å². The molecule has 0 aliphatic carbocycles. The first kappa shape index (κ1) is 46.6. The maximum Gasteiger partial charge on any atom is 0.220 e. The SMILES string of the molecule is CC/C=C\C/C=C\C/C=C\C/C=C\C/C=C\C/C=C\CCCCCCCCCCC(=O)NC(CO)C(O)/C=C/CCCCCCCCCC. The topological polar surface area (TPSA) is 69.6 Å². The summed E-state index contributed by atoms with van der Waals surface area (Å²) in [7, 11) is 0. The summed E-state index contributed by atoms with van der Waals surface area (Å²) in [5.74, 6) is -0.0797. The van der Waals surface area contributed by atoms with E-state index in [1.807, 2.05) is 6.08 Å². The summed E-state index contributed by atoms with van der Waals surface area (Å²) in [4.78, 5) is 12.3. The lowest BCUT2D eigenvalue weighted by atomic mass is 10.1. The highest BCUT2D eigenvalue weighted by Gasteiger charge is 2.17. The molecule has 2 atom stereocenters. The minimum absolute atomic E-state index is 0.0797. The molecule has 0 aliphatic heterocycles. The van der Waals surface area contributed by atoms with E-state index >= 15 is 0 Å². The maximum atomic E-state index is 12.3. The highest BCUT2D eigenvalue weighted by molar-refractivity contribution is 5.76. The highest BCUT2D eigenvalue weighted by atomic mass is 16.3. The molecule has 280 valence electrons. The summed E-state index contributed by atoms with van der Waals surface area (Å²) in [6.45, 7) is 4.15. The highest BCUT2D eigenvalue weighted by Crippen LogP contribution is 2.12. The third-order valence-electron chi connectivity index (χ3n) is 8.63. The Morgan fingerprint density at radius 2 is 0.898 bits per heavy atom. The fourth-order valence-electron chi connectivity index (χ4n) is 5.53. The zero-order valence-electron chi connectivity index (χ0n) is 31.9. The van der Waals surface area contributed by atoms with Crippen LogP contribution in [0.1, 0.15) is 174 Å². The molecular formula is C45H77NO3. The van der Waals surface area contributed by atoms with Crippen LogP contribution >= 0.6 is 0 Å². The second kappa shape index (κ2) is 40.0. The van der Waals surface area contributed by atoms with Crippen molar-refractivity contribution in [3.8, 4) is 0 Å². The summed E-state index contributed by atoms with van der Waals surface area (Å²) in [5.41, 5.74) is 0. The van der Waals surface area contributed by atoms with Gasteiger partial charge in [-0.25, -0.2) is 0 Å². The zero-order chi connectivity index (χ0) is 35.7. The molecule has 49 heavy (non-hydrogen) atoms. The first-order valence-electron chi connectivity index (χ1n) is 20.3. The first-order chi connectivity index (χ1) is 24.2. The van der Waals surface area contributed by atoms with Gasteiger partial charge in [-0.1, -0.05) is 182 Å². The van der Waals surface area contributed by atoms with Crippen molar-refractivity contribution in [1.29, 1.82) is 0 Å². The third kappa shape index (κ3) is 36.7. The summed E-state index contributed by atoms with van der Waals surface area (Å²) in [5, 5.41) is 22.9. The predicted octanol–water partition coefficient (Wildman–Crippen LogP) is 12.5. The summed E-state index contributed by atoms with van der Waals surface area (Å²) < 4.78 is 0. The molecule has 3 N–H and O–H groups in total. The number of carbonyl (C=O) groups is 1. The van der Waals surface area contributed by atoms with Gasteiger partial charge in [0.25, 0.3) is 0 Å². The molecule has 0 radical (unpaired) electrons. The molecule has 0 rings (SSSR count). The van der Waals surface area contributed by atoms with Gasteiger partial charge in [0.1, 0.15) is 0 Å². The van der Waals surface area contributed by atoms with Gasteiger partial charge in [-0.15, -0.1) is 0 Å². The molecule has 0 aromatic heterocycles. The molecule has 0 bridgehead atoms. The summed E-state index contributed by atoms with van der Waals surface area (Å²) in [6.07, 6.45) is 58.2. The molecule has 0 fully saturated rings. The van der Waals surface area contributed by atoms with E-state index in [1.54, 1.807) is 6.08 Å². The van der Waals surface area contributed by atoms with Crippen LogP contribution < -0.4 is 5.32 Å². The van der Waals surface area contributed by atoms with E-state index in [9.17, 15) is 15.0 Å². The van der Waals surface area contributed by atoms with Gasteiger partial charge in [-0.3, -0.25) is 4.79 Å². The minimum Gasteiger partial charge on any atom is -0.394 e. The van der Waals surface area contributed by atoms with E-state index in [1.165, 1.54) is 83.5 Å². The van der Waals surface area contributed by atoms with Crippen molar-refractivity contribution in [3.63, 3.8) is 0 Å². The van der Waals surface area contributed by atoms with Crippen LogP contribution in [0.4, 0.5) is 0 Å². The lowest BCUT2D eigenvalue weighted by molar-refractivity contribution is -0.123. The number of hydrogen-bond acceptors (Lipinski definition) is 3. The van der Waals surface area contributed by atoms with Crippen molar-refractivity contribution in [3.05, 3.63) is 85.1 Å². The number of amides is 1. The Labute approximate surface area is 303 Å². The number of hydrogen-bond donors (Lipinski definition) is 3. The fourth-order valence-corrected chi connectivity index (χ4v) is 5.53. The second-order valence-corrected chi connectivity index (χ2v) is 13.3. The molecule has 0 aromatic rings. The van der Waals surface area contributed by atoms with Crippen LogP contribution in [0.3, 0.4) is 0 Å². The first-order valence-corrected chi connectivity index (χ1v) is 20.3. The molecule has 4 heteroatoms. The average Bonchev–Trinajstić information content (AvgIpc) is 3.10. The van der Waals surface area contributed by atoms with Gasteiger partial charge in [-0.05, 0) is 70.6 Å². The van der Waals surface area contributed by atoms with Crippen LogP contribution in [0.2, 0.25) is 0 Å². The van der Waals surface area contributed by atoms with Crippen molar-refractivity contribution >= 4 is 5.91 Å². The number of nitrogens with one attached hydrogen (secondary N) is 1. The largest absolute Gasteiger partial charge is 0.394 e. The molecule has 4 nitrogen and oxygen atoms in total. The Hall–Kier alpha value is -2.43. The second-order valence-electron chi connectivity index (χ2n) is 13.3. The molecule has 2 unspecified atom stereocenters. The Morgan fingerprint density at radius 1 is 0.510 bits per heavy atom. The van der Waals surface area contributed by atoms with Gasteiger partial charge >= 0.3 is 0 Å². The number of unbranched alkanes of at least 4 members (excludes halogenated alkanes) is 16. The van der Waals surface area contributed by atoms with Crippen molar-refractivity contribution < 1.29 is 15.0 Å². The Balaban J connectivity index is 3.64. The van der Waals surface area contributed by atoms with E-state index in [-0.39, 0.29) is 12.5 Å². The van der Waals surface area contributed by atoms with Gasteiger partial charge < -0.3 is 15.5 Å². The summed E-state index contributed by atoms with van der Waals surface area (Å²) >= 11 is 0. The van der Waals surface area contributed by atoms with Gasteiger partial charge in [-0.2, -0.15) is 0 Å². The minimum atomic E-state index is -0.845. The normalized spacial score (nSPS) is 14.0. The molecule has 0 aromatic carbocycles. The number of allylic oxidation sites excluding steroid dienone is 13. The molecule has 1 amide bonds. The lowest BCUT2D eigenvalue weighted by Gasteiger charge is -2.20. The molecule has 0 spiro atoms. The Bertz CT molecular complexity index is 910. The van der Waals surface area contributed by atoms with Gasteiger partial charge in [0.2, 0.25) is 5.91 Å². The van der Waals surface area contributed by atoms with Crippen LogP contribution in [-0.2, 0) is 4.79 Å². The van der Waals surface area contributed by atoms with Gasteiger partial charge in [0, 0.05) is 6.42 Å². The van der Waals surface area contributed by atoms with E-state index in [2.05, 4.69) is 92.1 Å². The Morgan fingerprint density at radius 3 is 1.35 bits per heavy atom. The lowest BCUT2D eigenvalue weighted by Crippen LogP contribution is -2.45. The van der Waals surface area contributed by atoms with Crippen LogP contribution in [0, 0.1) is 0 Å². The van der Waals surface area contributed by atoms with E-state index in [0.717, 1.165) is 70.6 Å². The predicted molar refractivity (Wildman–Crippen MR) is 216 cm³/mol. The van der Waals surface area contributed by atoms with Crippen molar-refractivity contribution in [2.24, 2.45) is 0 Å². The van der Waals surface area contributed by atoms with Crippen molar-refractivity contribution in [2.75, 3.05) is 6.61 Å². The number of rotatable bonds is 35. The molecular weight excluding hydrogens is 602 g/mol. The van der Waals surface area contributed by atoms with Crippen LogP contribution in [0.5, 0.6) is 0 Å². The van der Waals surface area contributed by atoms with E-state index < -0.39 is 12.1 Å². The standard InChI is InChI=1S/C45H77NO3/c1-3-5-7-9-11-13-15-16-17-18-19-20-21-22-23-24-25-26-27-28-29-30-31-33-35-37-39-41-45(49)46-43(42-47)44(48)40-38-36-34-32-14-12-10-8-6-4-2/h5,7,11,13,16-17,19-20,22-23,25-26,38,40,43-44,47-48H,3-4,6,8-10,12,14-15,18,21,24,27-37,39,41-42H2,1-2H3,(H,46,49)/b7-5-,13-11-,17-16-,20-19-,23-22-,26-25-,40-38+. The monoisotopic (exact) mass is 680 g/mol. The maximum absolute atomic E-state index is 12.3. The van der Waals surface area contributed by atoms with Crippen molar-refractivity contribution in [1.82, 2.24) is 5.32 Å². The number of carbonyl (C=O) groups excluding carboxylic acids is 1. The Kier molecular flexibility index (Phi) is 38.0. The smallest absolute Gasteiger partial charge is 0.220 e. The molecule has 0 saturated carbocycles. The van der Waals surface area contributed by atoms with Gasteiger partial charge in [0.05, 0.1) is 18.8 Å². The summed E-state index contributed by atoms with van der Waals surface area (Å²) in [6, 6.07) is -0.629. The average molecular weight is 680 g/mol. The molecule has 0 aliphatic rings. The molecule has 0 saturated heterocycles. The molecule has 0 heterocycles. The van der Waals surface area contributed by atoms with Crippen LogP contribution in [0.25, 0.3) is 0 Å². The van der Waals surface area contributed by atoms with Crippen molar-refractivity contribution in [2.45, 2.75) is 187 Å². The fraction of sp³-hybridized carbons (Fsp3) is 0.667. The van der Waals surface area contributed by atoms with Gasteiger partial charge in [0.15, 0.2) is 0 Å². The third-order valence-corrected chi connectivity index (χ3v) is 8.63. The van der Waals surface area contributed by atoms with Crippen LogP contribution in [-0.4, -0.2) is 34.9 Å². The quantitative estimate of drug-likeness (QED) is 0.0461. The van der Waals surface area contributed by atoms with Crippen LogP contribution in [0.15, 0.2) is 85.1 Å². The number of aliphatic hydroxyl groups is 2. The zero-order valence-corrected chi connectivity index (χ0v) is 31.9.